The van der Waals surface area contributed by atoms with E-state index >= 15 is 0 Å². The Morgan fingerprint density at radius 2 is 1.94 bits per heavy atom. The van der Waals surface area contributed by atoms with Crippen LogP contribution in [0.4, 0.5) is 0 Å². The van der Waals surface area contributed by atoms with Crippen LogP contribution in [0.5, 0.6) is 0 Å². The number of terminal acetylenes is 2. The fraction of sp³-hybridized carbons (Fsp3) is 0.200. The molecule has 0 aromatic rings. The fourth-order valence-electron chi connectivity index (χ4n) is 1.45. The van der Waals surface area contributed by atoms with Gasteiger partial charge in [-0.3, -0.25) is 0 Å². The van der Waals surface area contributed by atoms with E-state index in [4.69, 9.17) is 58.1 Å². The molecule has 8 heteroatoms. The van der Waals surface area contributed by atoms with Crippen LogP contribution in [0.25, 0.3) is 0 Å². The van der Waals surface area contributed by atoms with Crippen LogP contribution in [-0.2, 0) is 4.12 Å². The van der Waals surface area contributed by atoms with Crippen molar-refractivity contribution in [2.45, 2.75) is 13.1 Å². The van der Waals surface area contributed by atoms with Gasteiger partial charge in [0.05, 0.1) is 0 Å². The van der Waals surface area contributed by atoms with Crippen molar-refractivity contribution in [3.8, 4) is 23.9 Å². The van der Waals surface area contributed by atoms with Gasteiger partial charge >= 0.3 is 132 Å². The van der Waals surface area contributed by atoms with Crippen LogP contribution in [-0.4, -0.2) is 32.6 Å². The predicted octanol–water partition coefficient (Wildman–Crippen LogP) is 3.83. The quantitative estimate of drug-likeness (QED) is 0.439. The first kappa shape index (κ1) is 17.0. The Kier molecular flexibility index (Phi) is 5.42. The standard InChI is InChI=1S/C10H10Cl4OSi2Te/c1-5-16(3,6-2)15-17(4)9(12)8-18(13,14)10(17)7-11/h1-2,7-8H,3-4H3/b10-7+. The minimum atomic E-state index is -3.35. The Morgan fingerprint density at radius 3 is 2.33 bits per heavy atom. The van der Waals surface area contributed by atoms with Crippen LogP contribution in [0.2, 0.25) is 13.1 Å². The Bertz CT molecular complexity index is 503. The minimum absolute atomic E-state index is 0.532. The van der Waals surface area contributed by atoms with Crippen molar-refractivity contribution >= 4 is 73.7 Å². The van der Waals surface area contributed by atoms with Gasteiger partial charge in [0, 0.05) is 0 Å². The summed E-state index contributed by atoms with van der Waals surface area (Å²) in [5.41, 5.74) is 6.52. The molecule has 1 atom stereocenters. The first-order valence-corrected chi connectivity index (χ1v) is 18.8. The molecule has 0 radical (unpaired) electrons. The second-order valence-corrected chi connectivity index (χ2v) is 25.0. The van der Waals surface area contributed by atoms with Crippen molar-refractivity contribution < 1.29 is 4.12 Å². The molecule has 1 aliphatic heterocycles. The van der Waals surface area contributed by atoms with E-state index in [2.05, 4.69) is 11.1 Å². The zero-order chi connectivity index (χ0) is 14.2. The summed E-state index contributed by atoms with van der Waals surface area (Å²) in [6.07, 6.45) is 10.9. The van der Waals surface area contributed by atoms with Crippen molar-refractivity contribution in [1.29, 1.82) is 0 Å². The van der Waals surface area contributed by atoms with Crippen LogP contribution < -0.4 is 0 Å². The summed E-state index contributed by atoms with van der Waals surface area (Å²) in [6.45, 7) is 3.63. The van der Waals surface area contributed by atoms with Gasteiger partial charge < -0.3 is 0 Å². The molecule has 0 aliphatic carbocycles. The summed E-state index contributed by atoms with van der Waals surface area (Å²) in [5, 5.41) is 0. The van der Waals surface area contributed by atoms with Crippen LogP contribution >= 0.6 is 41.1 Å². The molecule has 0 N–H and O–H groups in total. The van der Waals surface area contributed by atoms with Gasteiger partial charge in [0.15, 0.2) is 0 Å². The van der Waals surface area contributed by atoms with Gasteiger partial charge in [-0.2, -0.15) is 0 Å². The van der Waals surface area contributed by atoms with Crippen LogP contribution in [0.1, 0.15) is 0 Å². The summed E-state index contributed by atoms with van der Waals surface area (Å²) < 4.78 is 9.03. The molecule has 1 rings (SSSR count). The molecule has 0 fully saturated rings. The number of hydrogen-bond donors (Lipinski definition) is 0. The summed E-state index contributed by atoms with van der Waals surface area (Å²) in [6, 6.07) is 0. The normalized spacial score (nSPS) is 30.4. The van der Waals surface area contributed by atoms with E-state index < -0.39 is 32.6 Å². The first-order valence-electron chi connectivity index (χ1n) is 4.72. The van der Waals surface area contributed by atoms with Crippen molar-refractivity contribution in [3.05, 3.63) is 17.6 Å². The molecular formula is C10H10Cl4OSi2Te. The van der Waals surface area contributed by atoms with E-state index in [9.17, 15) is 0 Å². The molecule has 0 amide bonds. The van der Waals surface area contributed by atoms with E-state index in [1.807, 2.05) is 6.55 Å². The molecule has 1 heterocycles. The van der Waals surface area contributed by atoms with E-state index in [0.717, 1.165) is 3.24 Å². The number of halogens is 4. The zero-order valence-electron chi connectivity index (χ0n) is 9.64. The number of rotatable bonds is 2. The Morgan fingerprint density at radius 1 is 1.44 bits per heavy atom. The maximum absolute atomic E-state index is 6.34. The van der Waals surface area contributed by atoms with Crippen molar-refractivity contribution in [2.24, 2.45) is 0 Å². The molecule has 1 unspecified atom stereocenters. The average molecular weight is 472 g/mol. The molecule has 0 bridgehead atoms. The Balaban J connectivity index is 3.28. The average Bonchev–Trinajstić information content (AvgIpc) is 2.44. The zero-order valence-corrected chi connectivity index (χ0v) is 17.0. The summed E-state index contributed by atoms with van der Waals surface area (Å²) in [7, 11) is 7.30. The summed E-state index contributed by atoms with van der Waals surface area (Å²) in [5.74, 6) is 0. The molecular weight excluding hydrogens is 462 g/mol. The van der Waals surface area contributed by atoms with Gasteiger partial charge in [0.25, 0.3) is 0 Å². The van der Waals surface area contributed by atoms with Gasteiger partial charge in [0.2, 0.25) is 0 Å². The molecule has 1 nitrogen and oxygen atoms in total. The monoisotopic (exact) mass is 472 g/mol. The first-order chi connectivity index (χ1) is 8.15. The van der Waals surface area contributed by atoms with Gasteiger partial charge in [0.1, 0.15) is 0 Å². The Labute approximate surface area is 131 Å². The molecule has 18 heavy (non-hydrogen) atoms. The summed E-state index contributed by atoms with van der Waals surface area (Å²) in [4.78, 5) is 0. The van der Waals surface area contributed by atoms with Crippen molar-refractivity contribution in [1.82, 2.24) is 0 Å². The molecule has 0 aromatic heterocycles. The maximum atomic E-state index is 6.34. The van der Waals surface area contributed by atoms with Crippen molar-refractivity contribution in [2.75, 3.05) is 0 Å². The molecule has 98 valence electrons. The number of hydrogen-bond acceptors (Lipinski definition) is 1. The molecule has 0 saturated carbocycles. The summed E-state index contributed by atoms with van der Waals surface area (Å²) >= 11 is 8.75. The van der Waals surface area contributed by atoms with E-state index in [1.165, 1.54) is 5.54 Å². The third-order valence-corrected chi connectivity index (χ3v) is 26.3. The molecule has 0 aromatic carbocycles. The molecule has 0 saturated heterocycles. The topological polar surface area (TPSA) is 9.23 Å². The molecule has 1 aliphatic rings. The van der Waals surface area contributed by atoms with Gasteiger partial charge in [-0.1, -0.05) is 0 Å². The molecule has 0 spiro atoms. The second kappa shape index (κ2) is 5.75. The van der Waals surface area contributed by atoms with E-state index in [0.29, 0.717) is 4.66 Å². The van der Waals surface area contributed by atoms with Crippen LogP contribution in [0.15, 0.2) is 17.6 Å². The second-order valence-electron chi connectivity index (χ2n) is 3.91. The van der Waals surface area contributed by atoms with Crippen LogP contribution in [0.3, 0.4) is 0 Å². The SMILES string of the molecule is C#C[Si](C)(C#C)O[Si]1(C)C(Cl)=C[Te](Cl)(Cl)/C1=C/Cl. The van der Waals surface area contributed by atoms with E-state index in [-0.39, 0.29) is 0 Å². The van der Waals surface area contributed by atoms with E-state index in [1.54, 1.807) is 10.7 Å². The fourth-order valence-corrected chi connectivity index (χ4v) is 32.3. The third kappa shape index (κ3) is 2.99. The van der Waals surface area contributed by atoms with Crippen molar-refractivity contribution in [3.63, 3.8) is 0 Å². The van der Waals surface area contributed by atoms with Gasteiger partial charge in [-0.15, -0.1) is 0 Å². The van der Waals surface area contributed by atoms with Gasteiger partial charge in [-0.05, 0) is 0 Å². The van der Waals surface area contributed by atoms with Crippen LogP contribution in [0, 0.1) is 23.9 Å². The Hall–Kier alpha value is 0.943. The predicted molar refractivity (Wildman–Crippen MR) is 87.3 cm³/mol. The van der Waals surface area contributed by atoms with Gasteiger partial charge in [-0.25, -0.2) is 0 Å². The third-order valence-electron chi connectivity index (χ3n) is 2.53.